The van der Waals surface area contributed by atoms with E-state index in [0.717, 1.165) is 5.92 Å². The van der Waals surface area contributed by atoms with Crippen LogP contribution < -0.4 is 0 Å². The molecule has 0 aliphatic carbocycles. The first kappa shape index (κ1) is 9.74. The molecule has 0 rings (SSSR count). The summed E-state index contributed by atoms with van der Waals surface area (Å²) in [5, 5.41) is 0. The van der Waals surface area contributed by atoms with Crippen LogP contribution in [0.1, 0.15) is 46.5 Å². The van der Waals surface area contributed by atoms with Gasteiger partial charge in [-0.15, -0.1) is 0 Å². The van der Waals surface area contributed by atoms with Gasteiger partial charge in [0.1, 0.15) is 0 Å². The van der Waals surface area contributed by atoms with E-state index in [9.17, 15) is 0 Å². The van der Waals surface area contributed by atoms with E-state index in [1.54, 1.807) is 0 Å². The minimum atomic E-state index is 0.827. The molecule has 0 aromatic heterocycles. The van der Waals surface area contributed by atoms with Gasteiger partial charge in [-0.25, -0.2) is 0 Å². The largest absolute Gasteiger partial charge is 0.0999 e. The van der Waals surface area contributed by atoms with Gasteiger partial charge in [-0.3, -0.25) is 0 Å². The Balaban J connectivity index is 3.22. The molecule has 0 heterocycles. The van der Waals surface area contributed by atoms with Crippen LogP contribution in [0.5, 0.6) is 0 Å². The molecule has 0 radical (unpaired) electrons. The fraction of sp³-hybridized carbons (Fsp3) is 0.800. The van der Waals surface area contributed by atoms with Crippen LogP contribution in [0.25, 0.3) is 0 Å². The van der Waals surface area contributed by atoms with Gasteiger partial charge in [0.15, 0.2) is 0 Å². The van der Waals surface area contributed by atoms with Crippen molar-refractivity contribution in [3.63, 3.8) is 0 Å². The predicted octanol–water partition coefficient (Wildman–Crippen LogP) is 3.78. The molecule has 0 amide bonds. The van der Waals surface area contributed by atoms with Gasteiger partial charge in [-0.05, 0) is 25.2 Å². The SMILES string of the molecule is C=C(CCC)CCC(C)C. The van der Waals surface area contributed by atoms with Crippen LogP contribution in [-0.4, -0.2) is 0 Å². The first-order chi connectivity index (χ1) is 4.66. The minimum absolute atomic E-state index is 0.827. The van der Waals surface area contributed by atoms with E-state index in [1.165, 1.54) is 31.3 Å². The highest BCUT2D eigenvalue weighted by Gasteiger charge is 1.95. The van der Waals surface area contributed by atoms with Crippen LogP contribution in [0.15, 0.2) is 12.2 Å². The summed E-state index contributed by atoms with van der Waals surface area (Å²) in [4.78, 5) is 0. The lowest BCUT2D eigenvalue weighted by Crippen LogP contribution is -1.88. The van der Waals surface area contributed by atoms with E-state index < -0.39 is 0 Å². The summed E-state index contributed by atoms with van der Waals surface area (Å²) in [6.07, 6.45) is 4.99. The number of rotatable bonds is 5. The summed E-state index contributed by atoms with van der Waals surface area (Å²) in [6, 6.07) is 0. The summed E-state index contributed by atoms with van der Waals surface area (Å²) in [7, 11) is 0. The number of hydrogen-bond donors (Lipinski definition) is 0. The van der Waals surface area contributed by atoms with Crippen molar-refractivity contribution >= 4 is 0 Å². The van der Waals surface area contributed by atoms with Gasteiger partial charge in [0, 0.05) is 0 Å². The minimum Gasteiger partial charge on any atom is -0.0999 e. The standard InChI is InChI=1S/C10H20/c1-5-6-10(4)8-7-9(2)3/h9H,4-8H2,1-3H3. The molecule has 0 saturated carbocycles. The van der Waals surface area contributed by atoms with E-state index in [4.69, 9.17) is 0 Å². The van der Waals surface area contributed by atoms with Crippen molar-refractivity contribution in [2.24, 2.45) is 5.92 Å². The van der Waals surface area contributed by atoms with Crippen molar-refractivity contribution in [2.75, 3.05) is 0 Å². The van der Waals surface area contributed by atoms with Gasteiger partial charge in [0.05, 0.1) is 0 Å². The van der Waals surface area contributed by atoms with Gasteiger partial charge in [-0.2, -0.15) is 0 Å². The van der Waals surface area contributed by atoms with E-state index in [-0.39, 0.29) is 0 Å². The maximum Gasteiger partial charge on any atom is -0.0321 e. The van der Waals surface area contributed by atoms with Crippen molar-refractivity contribution in [1.29, 1.82) is 0 Å². The van der Waals surface area contributed by atoms with Gasteiger partial charge < -0.3 is 0 Å². The lowest BCUT2D eigenvalue weighted by molar-refractivity contribution is 0.577. The molecule has 10 heavy (non-hydrogen) atoms. The van der Waals surface area contributed by atoms with Crippen LogP contribution in [0.2, 0.25) is 0 Å². The average Bonchev–Trinajstić information content (AvgIpc) is 1.85. The monoisotopic (exact) mass is 140 g/mol. The predicted molar refractivity (Wildman–Crippen MR) is 48.1 cm³/mol. The smallest absolute Gasteiger partial charge is 0.0321 e. The second-order valence-corrected chi connectivity index (χ2v) is 3.43. The first-order valence-corrected chi connectivity index (χ1v) is 4.33. The zero-order chi connectivity index (χ0) is 7.98. The zero-order valence-corrected chi connectivity index (χ0v) is 7.61. The molecule has 0 aromatic rings. The topological polar surface area (TPSA) is 0 Å². The van der Waals surface area contributed by atoms with Crippen molar-refractivity contribution in [1.82, 2.24) is 0 Å². The molecule has 0 aliphatic heterocycles. The Morgan fingerprint density at radius 3 is 2.30 bits per heavy atom. The lowest BCUT2D eigenvalue weighted by atomic mass is 10.0. The highest BCUT2D eigenvalue weighted by molar-refractivity contribution is 4.93. The summed E-state index contributed by atoms with van der Waals surface area (Å²) in [6.45, 7) is 10.8. The molecule has 0 atom stereocenters. The Hall–Kier alpha value is -0.260. The Morgan fingerprint density at radius 2 is 1.90 bits per heavy atom. The number of hydrogen-bond acceptors (Lipinski definition) is 0. The fourth-order valence-corrected chi connectivity index (χ4v) is 0.971. The van der Waals surface area contributed by atoms with Crippen molar-refractivity contribution in [3.05, 3.63) is 12.2 Å². The van der Waals surface area contributed by atoms with E-state index in [0.29, 0.717) is 0 Å². The molecular formula is C10H20. The average molecular weight is 140 g/mol. The number of allylic oxidation sites excluding steroid dienone is 1. The summed E-state index contributed by atoms with van der Waals surface area (Å²) < 4.78 is 0. The lowest BCUT2D eigenvalue weighted by Gasteiger charge is -2.05. The third-order valence-corrected chi connectivity index (χ3v) is 1.68. The molecule has 0 spiro atoms. The third-order valence-electron chi connectivity index (χ3n) is 1.68. The van der Waals surface area contributed by atoms with Gasteiger partial charge >= 0.3 is 0 Å². The second-order valence-electron chi connectivity index (χ2n) is 3.43. The van der Waals surface area contributed by atoms with Crippen LogP contribution in [0, 0.1) is 5.92 Å². The first-order valence-electron chi connectivity index (χ1n) is 4.33. The molecule has 60 valence electrons. The molecule has 0 aliphatic rings. The van der Waals surface area contributed by atoms with E-state index in [1.807, 2.05) is 0 Å². The summed E-state index contributed by atoms with van der Waals surface area (Å²) in [5.74, 6) is 0.827. The third kappa shape index (κ3) is 5.87. The van der Waals surface area contributed by atoms with Crippen molar-refractivity contribution in [2.45, 2.75) is 46.5 Å². The molecule has 0 nitrogen and oxygen atoms in total. The maximum absolute atomic E-state index is 4.02. The van der Waals surface area contributed by atoms with Crippen LogP contribution in [0.3, 0.4) is 0 Å². The zero-order valence-electron chi connectivity index (χ0n) is 7.61. The molecule has 0 N–H and O–H groups in total. The molecular weight excluding hydrogens is 120 g/mol. The van der Waals surface area contributed by atoms with E-state index in [2.05, 4.69) is 27.4 Å². The fourth-order valence-electron chi connectivity index (χ4n) is 0.971. The summed E-state index contributed by atoms with van der Waals surface area (Å²) in [5.41, 5.74) is 1.43. The molecule has 0 aromatic carbocycles. The van der Waals surface area contributed by atoms with Crippen LogP contribution >= 0.6 is 0 Å². The Kier molecular flexibility index (Phi) is 5.38. The maximum atomic E-state index is 4.02. The van der Waals surface area contributed by atoms with Gasteiger partial charge in [0.25, 0.3) is 0 Å². The molecule has 0 bridgehead atoms. The van der Waals surface area contributed by atoms with Crippen molar-refractivity contribution < 1.29 is 0 Å². The molecule has 0 saturated heterocycles. The quantitative estimate of drug-likeness (QED) is 0.510. The van der Waals surface area contributed by atoms with Crippen LogP contribution in [0.4, 0.5) is 0 Å². The Labute approximate surface area is 65.3 Å². The normalized spacial score (nSPS) is 10.4. The summed E-state index contributed by atoms with van der Waals surface area (Å²) >= 11 is 0. The second kappa shape index (κ2) is 5.52. The van der Waals surface area contributed by atoms with Crippen molar-refractivity contribution in [3.8, 4) is 0 Å². The Morgan fingerprint density at radius 1 is 1.30 bits per heavy atom. The van der Waals surface area contributed by atoms with Gasteiger partial charge in [-0.1, -0.05) is 39.3 Å². The Bertz CT molecular complexity index is 90.2. The highest BCUT2D eigenvalue weighted by atomic mass is 14.0. The molecule has 0 fully saturated rings. The van der Waals surface area contributed by atoms with E-state index >= 15 is 0 Å². The van der Waals surface area contributed by atoms with Crippen LogP contribution in [-0.2, 0) is 0 Å². The molecule has 0 unspecified atom stereocenters. The van der Waals surface area contributed by atoms with Gasteiger partial charge in [0.2, 0.25) is 0 Å². The molecule has 0 heteroatoms. The highest BCUT2D eigenvalue weighted by Crippen LogP contribution is 2.13.